The molecule has 206 valence electrons. The van der Waals surface area contributed by atoms with Gasteiger partial charge in [0.15, 0.2) is 0 Å². The maximum Gasteiger partial charge on any atom is 0.0478 e. The predicted molar refractivity (Wildman–Crippen MR) is 189 cm³/mol. The Balaban J connectivity index is 1.39. The summed E-state index contributed by atoms with van der Waals surface area (Å²) in [5.74, 6) is 0. The van der Waals surface area contributed by atoms with E-state index in [2.05, 4.69) is 169 Å². The summed E-state index contributed by atoms with van der Waals surface area (Å²) in [6, 6.07) is 56.1. The molecule has 0 spiro atoms. The van der Waals surface area contributed by atoms with Crippen LogP contribution in [0, 0.1) is 0 Å². The average Bonchev–Trinajstić information content (AvgIpc) is 3.46. The lowest BCUT2D eigenvalue weighted by atomic mass is 9.84. The van der Waals surface area contributed by atoms with Crippen molar-refractivity contribution in [2.75, 3.05) is 0 Å². The van der Waals surface area contributed by atoms with Gasteiger partial charge in [0, 0.05) is 24.1 Å². The molecule has 9 rings (SSSR count). The summed E-state index contributed by atoms with van der Waals surface area (Å²) in [5.41, 5.74) is 8.76. The molecule has 0 saturated heterocycles. The number of aryl methyl sites for hydroxylation is 1. The molecule has 1 nitrogen and oxygen atoms in total. The van der Waals surface area contributed by atoms with Crippen LogP contribution in [-0.4, -0.2) is 4.57 Å². The Morgan fingerprint density at radius 2 is 0.818 bits per heavy atom. The van der Waals surface area contributed by atoms with Crippen molar-refractivity contribution in [3.05, 3.63) is 158 Å². The van der Waals surface area contributed by atoms with Crippen molar-refractivity contribution < 1.29 is 0 Å². The molecule has 0 radical (unpaired) electrons. The van der Waals surface area contributed by atoms with Crippen molar-refractivity contribution in [3.63, 3.8) is 0 Å². The standard InChI is InChI=1S/C43H29N/c1-44-23-22-34-24-32(19-21-41(34)44)33-18-20-39-40(27-33)43(36-17-15-29-9-3-5-11-31(29)26-36)38-13-7-6-12-37(38)42(39)35-16-14-28-8-2-4-10-30(28)25-35/h2-27H,1H3. The Kier molecular flexibility index (Phi) is 5.48. The van der Waals surface area contributed by atoms with Gasteiger partial charge >= 0.3 is 0 Å². The van der Waals surface area contributed by atoms with Gasteiger partial charge in [-0.3, -0.25) is 0 Å². The first-order valence-corrected chi connectivity index (χ1v) is 15.2. The second kappa shape index (κ2) is 9.69. The van der Waals surface area contributed by atoms with E-state index in [1.807, 2.05) is 0 Å². The van der Waals surface area contributed by atoms with Crippen LogP contribution in [0.5, 0.6) is 0 Å². The van der Waals surface area contributed by atoms with Crippen LogP contribution >= 0.6 is 0 Å². The fourth-order valence-electron chi connectivity index (χ4n) is 7.13. The summed E-state index contributed by atoms with van der Waals surface area (Å²) < 4.78 is 2.18. The third-order valence-corrected chi connectivity index (χ3v) is 9.32. The van der Waals surface area contributed by atoms with Crippen molar-refractivity contribution in [3.8, 4) is 33.4 Å². The predicted octanol–water partition coefficient (Wildman–Crippen LogP) is 11.8. The topological polar surface area (TPSA) is 4.93 Å². The number of nitrogens with zero attached hydrogens (tertiary/aromatic N) is 1. The van der Waals surface area contributed by atoms with Gasteiger partial charge in [0.05, 0.1) is 0 Å². The highest BCUT2D eigenvalue weighted by Crippen LogP contribution is 2.45. The van der Waals surface area contributed by atoms with Gasteiger partial charge in [-0.15, -0.1) is 0 Å². The van der Waals surface area contributed by atoms with E-state index in [1.165, 1.54) is 87.4 Å². The van der Waals surface area contributed by atoms with Gasteiger partial charge in [-0.1, -0.05) is 115 Å². The Hall–Kier alpha value is -5.66. The van der Waals surface area contributed by atoms with E-state index in [9.17, 15) is 0 Å². The van der Waals surface area contributed by atoms with E-state index in [0.29, 0.717) is 0 Å². The minimum absolute atomic E-state index is 1.23. The molecule has 0 unspecified atom stereocenters. The number of hydrogen-bond donors (Lipinski definition) is 0. The molecule has 0 aliphatic carbocycles. The second-order valence-corrected chi connectivity index (χ2v) is 11.9. The minimum Gasteiger partial charge on any atom is -0.351 e. The normalized spacial score (nSPS) is 11.8. The largest absolute Gasteiger partial charge is 0.351 e. The van der Waals surface area contributed by atoms with Crippen LogP contribution in [0.2, 0.25) is 0 Å². The van der Waals surface area contributed by atoms with E-state index in [1.54, 1.807) is 0 Å². The molecule has 0 atom stereocenters. The van der Waals surface area contributed by atoms with E-state index in [0.717, 1.165) is 0 Å². The van der Waals surface area contributed by atoms with Crippen LogP contribution in [0.15, 0.2) is 158 Å². The van der Waals surface area contributed by atoms with Gasteiger partial charge in [0.1, 0.15) is 0 Å². The quantitative estimate of drug-likeness (QED) is 0.190. The molecular formula is C43H29N. The van der Waals surface area contributed by atoms with Gasteiger partial charge in [-0.05, 0) is 113 Å². The number of aromatic nitrogens is 1. The third-order valence-electron chi connectivity index (χ3n) is 9.32. The van der Waals surface area contributed by atoms with Crippen molar-refractivity contribution in [1.82, 2.24) is 4.57 Å². The smallest absolute Gasteiger partial charge is 0.0478 e. The molecule has 44 heavy (non-hydrogen) atoms. The Bertz CT molecular complexity index is 2560. The van der Waals surface area contributed by atoms with Crippen LogP contribution in [-0.2, 0) is 7.05 Å². The molecule has 0 fully saturated rings. The molecule has 0 bridgehead atoms. The van der Waals surface area contributed by atoms with E-state index in [4.69, 9.17) is 0 Å². The molecule has 0 amide bonds. The molecule has 1 heterocycles. The lowest BCUT2D eigenvalue weighted by molar-refractivity contribution is 0.969. The van der Waals surface area contributed by atoms with E-state index >= 15 is 0 Å². The lowest BCUT2D eigenvalue weighted by Crippen LogP contribution is -1.92. The molecule has 1 aromatic heterocycles. The lowest BCUT2D eigenvalue weighted by Gasteiger charge is -2.19. The molecule has 9 aromatic rings. The Morgan fingerprint density at radius 3 is 1.48 bits per heavy atom. The number of fused-ring (bicyclic) bond motifs is 5. The van der Waals surface area contributed by atoms with Gasteiger partial charge in [-0.2, -0.15) is 0 Å². The van der Waals surface area contributed by atoms with Crippen molar-refractivity contribution >= 4 is 54.0 Å². The summed E-state index contributed by atoms with van der Waals surface area (Å²) in [5, 5.41) is 11.4. The third kappa shape index (κ3) is 3.87. The molecule has 8 aromatic carbocycles. The molecular weight excluding hydrogens is 530 g/mol. The average molecular weight is 560 g/mol. The van der Waals surface area contributed by atoms with Crippen molar-refractivity contribution in [1.29, 1.82) is 0 Å². The first-order valence-electron chi connectivity index (χ1n) is 15.2. The van der Waals surface area contributed by atoms with Crippen LogP contribution < -0.4 is 0 Å². The summed E-state index contributed by atoms with van der Waals surface area (Å²) in [6.07, 6.45) is 2.13. The fourth-order valence-corrected chi connectivity index (χ4v) is 7.13. The van der Waals surface area contributed by atoms with Gasteiger partial charge in [-0.25, -0.2) is 0 Å². The zero-order valence-corrected chi connectivity index (χ0v) is 24.5. The first-order chi connectivity index (χ1) is 21.7. The second-order valence-electron chi connectivity index (χ2n) is 11.9. The van der Waals surface area contributed by atoms with Gasteiger partial charge in [0.25, 0.3) is 0 Å². The van der Waals surface area contributed by atoms with E-state index in [-0.39, 0.29) is 0 Å². The molecule has 1 heteroatoms. The Labute approximate surface area is 256 Å². The van der Waals surface area contributed by atoms with Gasteiger partial charge in [0.2, 0.25) is 0 Å². The molecule has 0 N–H and O–H groups in total. The maximum absolute atomic E-state index is 2.42. The zero-order chi connectivity index (χ0) is 29.2. The highest BCUT2D eigenvalue weighted by Gasteiger charge is 2.18. The van der Waals surface area contributed by atoms with Crippen LogP contribution in [0.1, 0.15) is 0 Å². The van der Waals surface area contributed by atoms with Crippen LogP contribution in [0.25, 0.3) is 87.4 Å². The molecule has 0 aliphatic rings. The van der Waals surface area contributed by atoms with Crippen LogP contribution in [0.4, 0.5) is 0 Å². The maximum atomic E-state index is 2.42. The minimum atomic E-state index is 1.23. The Morgan fingerprint density at radius 1 is 0.341 bits per heavy atom. The number of benzene rings is 8. The fraction of sp³-hybridized carbons (Fsp3) is 0.0233. The monoisotopic (exact) mass is 559 g/mol. The van der Waals surface area contributed by atoms with Crippen molar-refractivity contribution in [2.45, 2.75) is 0 Å². The first kappa shape index (κ1) is 24.9. The highest BCUT2D eigenvalue weighted by atomic mass is 14.9. The summed E-state index contributed by atoms with van der Waals surface area (Å²) in [7, 11) is 2.10. The summed E-state index contributed by atoms with van der Waals surface area (Å²) in [4.78, 5) is 0. The summed E-state index contributed by atoms with van der Waals surface area (Å²) >= 11 is 0. The summed E-state index contributed by atoms with van der Waals surface area (Å²) in [6.45, 7) is 0. The molecule has 0 saturated carbocycles. The number of rotatable bonds is 3. The van der Waals surface area contributed by atoms with Gasteiger partial charge < -0.3 is 4.57 Å². The van der Waals surface area contributed by atoms with E-state index < -0.39 is 0 Å². The van der Waals surface area contributed by atoms with Crippen molar-refractivity contribution in [2.24, 2.45) is 7.05 Å². The SMILES string of the molecule is Cn1ccc2cc(-c3ccc4c(-c5ccc6ccccc6c5)c5ccccc5c(-c5ccc6ccccc6c5)c4c3)ccc21. The number of hydrogen-bond acceptors (Lipinski definition) is 0. The van der Waals surface area contributed by atoms with Crippen LogP contribution in [0.3, 0.4) is 0 Å². The zero-order valence-electron chi connectivity index (χ0n) is 24.5. The molecule has 0 aliphatic heterocycles. The highest BCUT2D eigenvalue weighted by molar-refractivity contribution is 6.22.